The summed E-state index contributed by atoms with van der Waals surface area (Å²) in [7, 11) is 2.09. The Morgan fingerprint density at radius 1 is 1.50 bits per heavy atom. The molecule has 1 saturated heterocycles. The SMILES string of the molecule is CN1CCN(c2cc(Cl)ccc2C#N)C(CN)C1. The zero-order valence-corrected chi connectivity index (χ0v) is 11.2. The number of likely N-dealkylation sites (N-methyl/N-ethyl adjacent to an activating group) is 1. The van der Waals surface area contributed by atoms with Crippen molar-refractivity contribution < 1.29 is 0 Å². The summed E-state index contributed by atoms with van der Waals surface area (Å²) in [6, 6.07) is 7.82. The highest BCUT2D eigenvalue weighted by molar-refractivity contribution is 6.30. The number of halogens is 1. The second-order valence-electron chi connectivity index (χ2n) is 4.62. The molecule has 2 rings (SSSR count). The molecule has 18 heavy (non-hydrogen) atoms. The topological polar surface area (TPSA) is 56.3 Å². The van der Waals surface area contributed by atoms with Crippen molar-refractivity contribution >= 4 is 17.3 Å². The fourth-order valence-corrected chi connectivity index (χ4v) is 2.53. The molecule has 2 N–H and O–H groups in total. The summed E-state index contributed by atoms with van der Waals surface area (Å²) in [6.45, 7) is 3.32. The monoisotopic (exact) mass is 264 g/mol. The van der Waals surface area contributed by atoms with E-state index in [2.05, 4.69) is 22.9 Å². The summed E-state index contributed by atoms with van der Waals surface area (Å²) >= 11 is 6.03. The van der Waals surface area contributed by atoms with E-state index in [1.165, 1.54) is 0 Å². The first kappa shape index (κ1) is 13.2. The van der Waals surface area contributed by atoms with Crippen LogP contribution in [0.15, 0.2) is 18.2 Å². The van der Waals surface area contributed by atoms with Gasteiger partial charge in [-0.05, 0) is 25.2 Å². The van der Waals surface area contributed by atoms with Crippen LogP contribution in [0.4, 0.5) is 5.69 Å². The third-order valence-corrected chi connectivity index (χ3v) is 3.58. The molecule has 5 heteroatoms. The van der Waals surface area contributed by atoms with Gasteiger partial charge in [-0.15, -0.1) is 0 Å². The molecule has 0 aliphatic carbocycles. The van der Waals surface area contributed by atoms with Crippen LogP contribution in [0.2, 0.25) is 5.02 Å². The van der Waals surface area contributed by atoms with Gasteiger partial charge in [0.05, 0.1) is 17.3 Å². The van der Waals surface area contributed by atoms with Gasteiger partial charge >= 0.3 is 0 Å². The Labute approximate surface area is 113 Å². The Morgan fingerprint density at radius 2 is 2.28 bits per heavy atom. The van der Waals surface area contributed by atoms with Crippen LogP contribution in [-0.2, 0) is 0 Å². The van der Waals surface area contributed by atoms with Crippen LogP contribution in [-0.4, -0.2) is 44.2 Å². The van der Waals surface area contributed by atoms with Crippen molar-refractivity contribution in [3.05, 3.63) is 28.8 Å². The molecule has 1 heterocycles. The number of nitrogens with two attached hydrogens (primary N) is 1. The Kier molecular flexibility index (Phi) is 4.07. The number of benzene rings is 1. The van der Waals surface area contributed by atoms with Gasteiger partial charge < -0.3 is 15.5 Å². The molecule has 1 unspecified atom stereocenters. The van der Waals surface area contributed by atoms with E-state index in [0.717, 1.165) is 25.3 Å². The fraction of sp³-hybridized carbons (Fsp3) is 0.462. The summed E-state index contributed by atoms with van der Waals surface area (Å²) in [5.41, 5.74) is 7.39. The third-order valence-electron chi connectivity index (χ3n) is 3.35. The van der Waals surface area contributed by atoms with Gasteiger partial charge in [-0.1, -0.05) is 11.6 Å². The van der Waals surface area contributed by atoms with Crippen LogP contribution in [0, 0.1) is 11.3 Å². The van der Waals surface area contributed by atoms with Crippen molar-refractivity contribution in [3.8, 4) is 6.07 Å². The van der Waals surface area contributed by atoms with E-state index in [1.54, 1.807) is 12.1 Å². The van der Waals surface area contributed by atoms with Crippen LogP contribution in [0.25, 0.3) is 0 Å². The summed E-state index contributed by atoms with van der Waals surface area (Å²) < 4.78 is 0. The second-order valence-corrected chi connectivity index (χ2v) is 5.05. The Morgan fingerprint density at radius 3 is 2.94 bits per heavy atom. The van der Waals surface area contributed by atoms with Gasteiger partial charge in [-0.2, -0.15) is 5.26 Å². The Balaban J connectivity index is 2.35. The molecule has 0 amide bonds. The zero-order chi connectivity index (χ0) is 13.1. The molecule has 1 aromatic rings. The maximum absolute atomic E-state index is 9.19. The largest absolute Gasteiger partial charge is 0.364 e. The fourth-order valence-electron chi connectivity index (χ4n) is 2.37. The summed E-state index contributed by atoms with van der Waals surface area (Å²) in [5, 5.41) is 9.84. The van der Waals surface area contributed by atoms with E-state index in [1.807, 2.05) is 6.07 Å². The third kappa shape index (κ3) is 2.59. The maximum Gasteiger partial charge on any atom is 0.101 e. The van der Waals surface area contributed by atoms with Crippen molar-refractivity contribution in [2.24, 2.45) is 5.73 Å². The summed E-state index contributed by atoms with van der Waals surface area (Å²) in [6.07, 6.45) is 0. The number of nitrogens with zero attached hydrogens (tertiary/aromatic N) is 3. The summed E-state index contributed by atoms with van der Waals surface area (Å²) in [5.74, 6) is 0. The van der Waals surface area contributed by atoms with Crippen LogP contribution in [0.5, 0.6) is 0 Å². The van der Waals surface area contributed by atoms with Gasteiger partial charge in [-0.3, -0.25) is 0 Å². The van der Waals surface area contributed by atoms with Gasteiger partial charge in [0.25, 0.3) is 0 Å². The molecule has 1 aromatic carbocycles. The molecule has 0 saturated carbocycles. The Bertz CT molecular complexity index is 469. The molecule has 0 radical (unpaired) electrons. The molecule has 1 aliphatic heterocycles. The highest BCUT2D eigenvalue weighted by Gasteiger charge is 2.26. The quantitative estimate of drug-likeness (QED) is 0.875. The molecule has 4 nitrogen and oxygen atoms in total. The van der Waals surface area contributed by atoms with E-state index in [-0.39, 0.29) is 6.04 Å². The zero-order valence-electron chi connectivity index (χ0n) is 10.4. The molecule has 1 fully saturated rings. The lowest BCUT2D eigenvalue weighted by Gasteiger charge is -2.41. The van der Waals surface area contributed by atoms with Gasteiger partial charge in [-0.25, -0.2) is 0 Å². The van der Waals surface area contributed by atoms with E-state index in [4.69, 9.17) is 17.3 Å². The predicted octanol–water partition coefficient (Wildman–Crippen LogP) is 1.29. The van der Waals surface area contributed by atoms with Gasteiger partial charge in [0.15, 0.2) is 0 Å². The van der Waals surface area contributed by atoms with Crippen LogP contribution in [0.1, 0.15) is 5.56 Å². The maximum atomic E-state index is 9.19. The number of hydrogen-bond acceptors (Lipinski definition) is 4. The lowest BCUT2D eigenvalue weighted by molar-refractivity contribution is 0.269. The van der Waals surface area contributed by atoms with Crippen molar-refractivity contribution in [3.63, 3.8) is 0 Å². The molecule has 1 atom stereocenters. The second kappa shape index (κ2) is 5.57. The number of rotatable bonds is 2. The van der Waals surface area contributed by atoms with E-state index in [9.17, 15) is 5.26 Å². The molecular formula is C13H17ClN4. The number of anilines is 1. The van der Waals surface area contributed by atoms with Crippen LogP contribution < -0.4 is 10.6 Å². The lowest BCUT2D eigenvalue weighted by Crippen LogP contribution is -2.55. The molecule has 0 aromatic heterocycles. The van der Waals surface area contributed by atoms with E-state index in [0.29, 0.717) is 17.1 Å². The highest BCUT2D eigenvalue weighted by Crippen LogP contribution is 2.27. The first-order valence-corrected chi connectivity index (χ1v) is 6.38. The minimum atomic E-state index is 0.231. The minimum absolute atomic E-state index is 0.231. The number of hydrogen-bond donors (Lipinski definition) is 1. The average Bonchev–Trinajstić information content (AvgIpc) is 2.38. The van der Waals surface area contributed by atoms with Crippen molar-refractivity contribution in [1.82, 2.24) is 4.90 Å². The molecule has 96 valence electrons. The molecular weight excluding hydrogens is 248 g/mol. The number of piperazine rings is 1. The normalized spacial score (nSPS) is 20.8. The van der Waals surface area contributed by atoms with Crippen molar-refractivity contribution in [2.75, 3.05) is 38.1 Å². The van der Waals surface area contributed by atoms with Gasteiger partial charge in [0.1, 0.15) is 6.07 Å². The van der Waals surface area contributed by atoms with Crippen LogP contribution >= 0.6 is 11.6 Å². The first-order chi connectivity index (χ1) is 8.65. The Hall–Kier alpha value is -1.28. The summed E-state index contributed by atoms with van der Waals surface area (Å²) in [4.78, 5) is 4.45. The predicted molar refractivity (Wildman–Crippen MR) is 73.9 cm³/mol. The lowest BCUT2D eigenvalue weighted by atomic mass is 10.1. The van der Waals surface area contributed by atoms with Crippen LogP contribution in [0.3, 0.4) is 0 Å². The van der Waals surface area contributed by atoms with E-state index < -0.39 is 0 Å². The minimum Gasteiger partial charge on any atom is -0.364 e. The molecule has 0 spiro atoms. The van der Waals surface area contributed by atoms with Gasteiger partial charge in [0, 0.05) is 31.2 Å². The average molecular weight is 265 g/mol. The van der Waals surface area contributed by atoms with E-state index >= 15 is 0 Å². The van der Waals surface area contributed by atoms with Gasteiger partial charge in [0.2, 0.25) is 0 Å². The molecule has 1 aliphatic rings. The standard InChI is InChI=1S/C13H17ClN4/c1-17-4-5-18(12(8-16)9-17)13-6-11(14)3-2-10(13)7-15/h2-3,6,12H,4-5,8-9,16H2,1H3. The first-order valence-electron chi connectivity index (χ1n) is 6.00. The smallest absolute Gasteiger partial charge is 0.101 e. The number of nitriles is 1. The van der Waals surface area contributed by atoms with Crippen molar-refractivity contribution in [2.45, 2.75) is 6.04 Å². The molecule has 0 bridgehead atoms. The van der Waals surface area contributed by atoms with Crippen molar-refractivity contribution in [1.29, 1.82) is 5.26 Å². The highest BCUT2D eigenvalue weighted by atomic mass is 35.5.